The van der Waals surface area contributed by atoms with Gasteiger partial charge in [0, 0.05) is 17.3 Å². The van der Waals surface area contributed by atoms with Gasteiger partial charge >= 0.3 is 0 Å². The van der Waals surface area contributed by atoms with Crippen molar-refractivity contribution in [3.63, 3.8) is 0 Å². The fourth-order valence-electron chi connectivity index (χ4n) is 3.54. The van der Waals surface area contributed by atoms with Crippen molar-refractivity contribution in [2.75, 3.05) is 13.1 Å². The SMILES string of the molecule is CC1CCCC1CNCCc1ccc(Oc2ccc(C(N)=O)cn2)cc1Cl. The lowest BCUT2D eigenvalue weighted by molar-refractivity contribution is 0.1000. The fraction of sp³-hybridized carbons (Fsp3) is 0.429. The van der Waals surface area contributed by atoms with Gasteiger partial charge in [-0.15, -0.1) is 0 Å². The van der Waals surface area contributed by atoms with Gasteiger partial charge in [-0.2, -0.15) is 0 Å². The van der Waals surface area contributed by atoms with E-state index in [0.717, 1.165) is 36.9 Å². The van der Waals surface area contributed by atoms with Crippen LogP contribution >= 0.6 is 11.6 Å². The van der Waals surface area contributed by atoms with Crippen molar-refractivity contribution in [1.82, 2.24) is 10.3 Å². The summed E-state index contributed by atoms with van der Waals surface area (Å²) >= 11 is 6.40. The van der Waals surface area contributed by atoms with Gasteiger partial charge in [-0.3, -0.25) is 4.79 Å². The van der Waals surface area contributed by atoms with Gasteiger partial charge in [0.15, 0.2) is 0 Å². The van der Waals surface area contributed by atoms with Crippen molar-refractivity contribution in [2.45, 2.75) is 32.6 Å². The Kier molecular flexibility index (Phi) is 6.69. The molecule has 0 aliphatic heterocycles. The van der Waals surface area contributed by atoms with Gasteiger partial charge in [0.2, 0.25) is 11.8 Å². The number of aromatic nitrogens is 1. The second-order valence-electron chi connectivity index (χ2n) is 7.23. The van der Waals surface area contributed by atoms with E-state index in [2.05, 4.69) is 17.2 Å². The van der Waals surface area contributed by atoms with Crippen LogP contribution in [0.3, 0.4) is 0 Å². The highest BCUT2D eigenvalue weighted by atomic mass is 35.5. The molecule has 1 amide bonds. The van der Waals surface area contributed by atoms with Gasteiger partial charge in [-0.1, -0.05) is 37.4 Å². The van der Waals surface area contributed by atoms with E-state index in [1.807, 2.05) is 12.1 Å². The number of halogens is 1. The van der Waals surface area contributed by atoms with Crippen molar-refractivity contribution < 1.29 is 9.53 Å². The number of nitrogens with zero attached hydrogens (tertiary/aromatic N) is 1. The highest BCUT2D eigenvalue weighted by Crippen LogP contribution is 2.30. The van der Waals surface area contributed by atoms with E-state index in [4.69, 9.17) is 22.1 Å². The molecule has 5 nitrogen and oxygen atoms in total. The van der Waals surface area contributed by atoms with Gasteiger partial charge in [0.1, 0.15) is 5.75 Å². The average molecular weight is 388 g/mol. The summed E-state index contributed by atoms with van der Waals surface area (Å²) in [6.45, 7) is 4.36. The molecule has 27 heavy (non-hydrogen) atoms. The summed E-state index contributed by atoms with van der Waals surface area (Å²) in [7, 11) is 0. The summed E-state index contributed by atoms with van der Waals surface area (Å²) in [5.74, 6) is 2.12. The van der Waals surface area contributed by atoms with Crippen LogP contribution in [0.1, 0.15) is 42.1 Å². The van der Waals surface area contributed by atoms with Crippen molar-refractivity contribution in [1.29, 1.82) is 0 Å². The standard InChI is InChI=1S/C21H26ClN3O2/c1-14-3-2-4-16(14)12-24-10-9-15-5-7-18(11-19(15)22)27-20-8-6-17(13-25-20)21(23)26/h5-8,11,13-14,16,24H,2-4,9-10,12H2,1H3,(H2,23,26). The quantitative estimate of drug-likeness (QED) is 0.665. The Morgan fingerprint density at radius 2 is 2.19 bits per heavy atom. The van der Waals surface area contributed by atoms with E-state index in [-0.39, 0.29) is 0 Å². The van der Waals surface area contributed by atoms with Crippen LogP contribution in [-0.4, -0.2) is 24.0 Å². The number of primary amides is 1. The van der Waals surface area contributed by atoms with Crippen molar-refractivity contribution in [2.24, 2.45) is 17.6 Å². The molecule has 0 radical (unpaired) electrons. The number of nitrogens with two attached hydrogens (primary N) is 1. The van der Waals surface area contributed by atoms with E-state index in [1.165, 1.54) is 25.5 Å². The predicted octanol–water partition coefficient (Wildman–Crippen LogP) is 4.19. The Hall–Kier alpha value is -2.11. The minimum atomic E-state index is -0.516. The molecule has 1 heterocycles. The topological polar surface area (TPSA) is 77.2 Å². The van der Waals surface area contributed by atoms with Crippen molar-refractivity contribution in [3.8, 4) is 11.6 Å². The number of carbonyl (C=O) groups is 1. The third-order valence-corrected chi connectivity index (χ3v) is 5.64. The predicted molar refractivity (Wildman–Crippen MR) is 107 cm³/mol. The van der Waals surface area contributed by atoms with E-state index < -0.39 is 5.91 Å². The molecule has 6 heteroatoms. The van der Waals surface area contributed by atoms with Gasteiger partial charge in [-0.25, -0.2) is 4.98 Å². The van der Waals surface area contributed by atoms with Crippen molar-refractivity contribution >= 4 is 17.5 Å². The maximum absolute atomic E-state index is 11.1. The molecule has 1 aliphatic carbocycles. The molecule has 2 unspecified atom stereocenters. The number of hydrogen-bond acceptors (Lipinski definition) is 4. The molecule has 2 atom stereocenters. The number of benzene rings is 1. The van der Waals surface area contributed by atoms with Crippen LogP contribution in [0.4, 0.5) is 0 Å². The molecule has 1 aliphatic rings. The fourth-order valence-corrected chi connectivity index (χ4v) is 3.80. The Morgan fingerprint density at radius 3 is 2.81 bits per heavy atom. The van der Waals surface area contributed by atoms with Gasteiger partial charge in [0.25, 0.3) is 0 Å². The molecule has 3 N–H and O–H groups in total. The molecule has 2 aromatic rings. The smallest absolute Gasteiger partial charge is 0.250 e. The maximum atomic E-state index is 11.1. The number of nitrogens with one attached hydrogen (secondary N) is 1. The second kappa shape index (κ2) is 9.20. The van der Waals surface area contributed by atoms with E-state index >= 15 is 0 Å². The van der Waals surface area contributed by atoms with Crippen molar-refractivity contribution in [3.05, 3.63) is 52.7 Å². The summed E-state index contributed by atoms with van der Waals surface area (Å²) in [5.41, 5.74) is 6.64. The van der Waals surface area contributed by atoms with Crippen LogP contribution in [0.5, 0.6) is 11.6 Å². The first-order valence-electron chi connectivity index (χ1n) is 9.46. The summed E-state index contributed by atoms with van der Waals surface area (Å²) in [4.78, 5) is 15.1. The molecule has 1 saturated carbocycles. The molecule has 0 saturated heterocycles. The molecule has 144 valence electrons. The number of amides is 1. The van der Waals surface area contributed by atoms with Crippen LogP contribution < -0.4 is 15.8 Å². The highest BCUT2D eigenvalue weighted by Gasteiger charge is 2.22. The number of ether oxygens (including phenoxy) is 1. The normalized spacial score (nSPS) is 19.2. The zero-order valence-corrected chi connectivity index (χ0v) is 16.3. The van der Waals surface area contributed by atoms with E-state index in [1.54, 1.807) is 18.2 Å². The molecule has 1 fully saturated rings. The largest absolute Gasteiger partial charge is 0.439 e. The maximum Gasteiger partial charge on any atom is 0.250 e. The molecule has 1 aromatic heterocycles. The molecular weight excluding hydrogens is 362 g/mol. The third-order valence-electron chi connectivity index (χ3n) is 5.28. The lowest BCUT2D eigenvalue weighted by atomic mass is 9.98. The van der Waals surface area contributed by atoms with Gasteiger partial charge < -0.3 is 15.8 Å². The second-order valence-corrected chi connectivity index (χ2v) is 7.63. The van der Waals surface area contributed by atoms with E-state index in [9.17, 15) is 4.79 Å². The Morgan fingerprint density at radius 1 is 1.33 bits per heavy atom. The first-order chi connectivity index (χ1) is 13.0. The molecule has 0 spiro atoms. The average Bonchev–Trinajstić information content (AvgIpc) is 3.05. The number of rotatable bonds is 8. The highest BCUT2D eigenvalue weighted by molar-refractivity contribution is 6.31. The minimum Gasteiger partial charge on any atom is -0.439 e. The first kappa shape index (κ1) is 19.6. The van der Waals surface area contributed by atoms with Crippen LogP contribution in [0, 0.1) is 11.8 Å². The Labute approximate surface area is 165 Å². The van der Waals surface area contributed by atoms with Gasteiger partial charge in [-0.05, 0) is 61.5 Å². The minimum absolute atomic E-state index is 0.343. The van der Waals surface area contributed by atoms with E-state index in [0.29, 0.717) is 22.2 Å². The monoisotopic (exact) mass is 387 g/mol. The summed E-state index contributed by atoms with van der Waals surface area (Å²) in [5, 5.41) is 4.24. The summed E-state index contributed by atoms with van der Waals surface area (Å²) in [6, 6.07) is 8.84. The van der Waals surface area contributed by atoms with Crippen LogP contribution in [0.25, 0.3) is 0 Å². The first-order valence-corrected chi connectivity index (χ1v) is 9.83. The van der Waals surface area contributed by atoms with Crippen LogP contribution in [-0.2, 0) is 6.42 Å². The zero-order chi connectivity index (χ0) is 19.2. The number of pyridine rings is 1. The van der Waals surface area contributed by atoms with Gasteiger partial charge in [0.05, 0.1) is 5.56 Å². The lowest BCUT2D eigenvalue weighted by Gasteiger charge is -2.16. The Bertz CT molecular complexity index is 779. The van der Waals surface area contributed by atoms with Crippen LogP contribution in [0.15, 0.2) is 36.5 Å². The molecule has 1 aromatic carbocycles. The van der Waals surface area contributed by atoms with Crippen LogP contribution in [0.2, 0.25) is 5.02 Å². The number of carbonyl (C=O) groups excluding carboxylic acids is 1. The summed E-state index contributed by atoms with van der Waals surface area (Å²) < 4.78 is 5.69. The molecule has 0 bridgehead atoms. The lowest BCUT2D eigenvalue weighted by Crippen LogP contribution is -2.26. The Balaban J connectivity index is 1.50. The molecular formula is C21H26ClN3O2. The molecule has 3 rings (SSSR count). The summed E-state index contributed by atoms with van der Waals surface area (Å²) in [6.07, 6.45) is 6.34. The zero-order valence-electron chi connectivity index (χ0n) is 15.6. The number of hydrogen-bond donors (Lipinski definition) is 2. The third kappa shape index (κ3) is 5.44.